The number of hydrogen-bond acceptors (Lipinski definition) is 8. The molecule has 2 aliphatic rings. The van der Waals surface area contributed by atoms with E-state index in [4.69, 9.17) is 24.5 Å². The Labute approximate surface area is 263 Å². The fourth-order valence-corrected chi connectivity index (χ4v) is 6.45. The van der Waals surface area contributed by atoms with Crippen LogP contribution in [0.1, 0.15) is 41.0 Å². The number of ether oxygens (including phenoxy) is 2. The maximum atomic E-state index is 5.68. The highest BCUT2D eigenvalue weighted by molar-refractivity contribution is 5.71. The molecule has 1 atom stereocenters. The first-order chi connectivity index (χ1) is 22.0. The average Bonchev–Trinajstić information content (AvgIpc) is 3.78. The van der Waals surface area contributed by atoms with E-state index < -0.39 is 0 Å². The van der Waals surface area contributed by atoms with Gasteiger partial charge in [-0.15, -0.1) is 0 Å². The molecule has 1 saturated heterocycles. The van der Waals surface area contributed by atoms with Gasteiger partial charge < -0.3 is 9.47 Å². The van der Waals surface area contributed by atoms with Crippen molar-refractivity contribution in [2.45, 2.75) is 51.8 Å². The molecule has 0 bridgehead atoms. The Kier molecular flexibility index (Phi) is 8.55. The number of fused-ring (bicyclic) bond motifs is 3. The van der Waals surface area contributed by atoms with Gasteiger partial charge in [0.2, 0.25) is 0 Å². The number of methoxy groups -OCH3 is 1. The number of nitrogens with zero attached hydrogens (tertiary/aromatic N) is 9. The van der Waals surface area contributed by atoms with Crippen LogP contribution in [0.3, 0.4) is 0 Å². The van der Waals surface area contributed by atoms with Crippen molar-refractivity contribution in [3.05, 3.63) is 89.2 Å². The highest BCUT2D eigenvalue weighted by atomic mass is 16.5. The first kappa shape index (κ1) is 29.5. The van der Waals surface area contributed by atoms with Crippen molar-refractivity contribution in [3.63, 3.8) is 0 Å². The number of rotatable bonds is 11. The summed E-state index contributed by atoms with van der Waals surface area (Å²) >= 11 is 0. The largest absolute Gasteiger partial charge is 0.383 e. The molecule has 45 heavy (non-hydrogen) atoms. The van der Waals surface area contributed by atoms with E-state index in [0.29, 0.717) is 19.1 Å². The SMILES string of the molecule is COCCn1ccc(Cc2ncc3c(n2)-c2c(nn(C)c2Cc2cccc(-c4cnn(CCN5CCO[C@@H](C)C5)c4)c2)CC3)n1. The van der Waals surface area contributed by atoms with Gasteiger partial charge in [0.15, 0.2) is 0 Å². The number of hydrogen-bond donors (Lipinski definition) is 0. The van der Waals surface area contributed by atoms with Crippen molar-refractivity contribution in [1.82, 2.24) is 44.2 Å². The van der Waals surface area contributed by atoms with E-state index in [1.165, 1.54) is 22.4 Å². The Morgan fingerprint density at radius 2 is 1.93 bits per heavy atom. The lowest BCUT2D eigenvalue weighted by Gasteiger charge is -2.30. The fourth-order valence-electron chi connectivity index (χ4n) is 6.45. The number of morpholine rings is 1. The van der Waals surface area contributed by atoms with E-state index in [2.05, 4.69) is 57.2 Å². The molecule has 5 aromatic rings. The first-order valence-corrected chi connectivity index (χ1v) is 15.9. The van der Waals surface area contributed by atoms with E-state index in [1.807, 2.05) is 41.1 Å². The van der Waals surface area contributed by atoms with E-state index in [1.54, 1.807) is 7.11 Å². The Morgan fingerprint density at radius 3 is 2.82 bits per heavy atom. The molecular weight excluding hydrogens is 566 g/mol. The number of benzene rings is 1. The third-order valence-electron chi connectivity index (χ3n) is 8.82. The van der Waals surface area contributed by atoms with Gasteiger partial charge >= 0.3 is 0 Å². The van der Waals surface area contributed by atoms with Gasteiger partial charge in [0.1, 0.15) is 5.82 Å². The number of aromatic nitrogens is 8. The van der Waals surface area contributed by atoms with Crippen LogP contribution in [-0.2, 0) is 55.3 Å². The third-order valence-corrected chi connectivity index (χ3v) is 8.82. The molecule has 0 unspecified atom stereocenters. The van der Waals surface area contributed by atoms with Crippen LogP contribution in [0.2, 0.25) is 0 Å². The molecule has 1 aromatic carbocycles. The highest BCUT2D eigenvalue weighted by Crippen LogP contribution is 2.35. The predicted octanol–water partition coefficient (Wildman–Crippen LogP) is 3.58. The van der Waals surface area contributed by atoms with Gasteiger partial charge in [-0.1, -0.05) is 24.3 Å². The van der Waals surface area contributed by atoms with Crippen LogP contribution in [0.4, 0.5) is 0 Å². The minimum Gasteiger partial charge on any atom is -0.383 e. The molecule has 0 amide bonds. The Balaban J connectivity index is 1.09. The topological polar surface area (TPSA) is 101 Å². The smallest absolute Gasteiger partial charge is 0.134 e. The van der Waals surface area contributed by atoms with Crippen LogP contribution >= 0.6 is 0 Å². The summed E-state index contributed by atoms with van der Waals surface area (Å²) in [6, 6.07) is 10.8. The van der Waals surface area contributed by atoms with Crippen molar-refractivity contribution in [3.8, 4) is 22.4 Å². The summed E-state index contributed by atoms with van der Waals surface area (Å²) < 4.78 is 16.9. The molecule has 5 heterocycles. The molecule has 234 valence electrons. The molecule has 0 saturated carbocycles. The molecular formula is C34H41N9O2. The van der Waals surface area contributed by atoms with E-state index in [-0.39, 0.29) is 0 Å². The van der Waals surface area contributed by atoms with Crippen LogP contribution in [0.15, 0.2) is 55.1 Å². The summed E-state index contributed by atoms with van der Waals surface area (Å²) in [7, 11) is 3.75. The summed E-state index contributed by atoms with van der Waals surface area (Å²) in [6.45, 7) is 8.10. The molecule has 11 heteroatoms. The summed E-state index contributed by atoms with van der Waals surface area (Å²) in [5, 5.41) is 14.3. The van der Waals surface area contributed by atoms with E-state index >= 15 is 0 Å². The minimum absolute atomic E-state index is 0.296. The van der Waals surface area contributed by atoms with Gasteiger partial charge in [0, 0.05) is 69.9 Å². The molecule has 1 aliphatic heterocycles. The zero-order chi connectivity index (χ0) is 30.8. The molecule has 0 radical (unpaired) electrons. The van der Waals surface area contributed by atoms with Crippen molar-refractivity contribution in [1.29, 1.82) is 0 Å². The second-order valence-electron chi connectivity index (χ2n) is 12.1. The van der Waals surface area contributed by atoms with E-state index in [0.717, 1.165) is 92.6 Å². The van der Waals surface area contributed by atoms with Crippen LogP contribution in [0, 0.1) is 0 Å². The lowest BCUT2D eigenvalue weighted by molar-refractivity contribution is -0.0193. The molecule has 1 fully saturated rings. The van der Waals surface area contributed by atoms with Crippen molar-refractivity contribution >= 4 is 0 Å². The zero-order valence-corrected chi connectivity index (χ0v) is 26.4. The fraction of sp³-hybridized carbons (Fsp3) is 0.441. The first-order valence-electron chi connectivity index (χ1n) is 15.9. The van der Waals surface area contributed by atoms with Crippen LogP contribution < -0.4 is 0 Å². The Bertz CT molecular complexity index is 1770. The van der Waals surface area contributed by atoms with Gasteiger partial charge in [0.05, 0.1) is 67.8 Å². The monoisotopic (exact) mass is 607 g/mol. The minimum atomic E-state index is 0.296. The van der Waals surface area contributed by atoms with Gasteiger partial charge in [-0.3, -0.25) is 18.9 Å². The maximum Gasteiger partial charge on any atom is 0.134 e. The van der Waals surface area contributed by atoms with Crippen molar-refractivity contribution in [2.24, 2.45) is 7.05 Å². The third kappa shape index (κ3) is 6.61. The Hall–Kier alpha value is -4.19. The summed E-state index contributed by atoms with van der Waals surface area (Å²) in [5.74, 6) is 0.774. The van der Waals surface area contributed by atoms with Gasteiger partial charge in [-0.2, -0.15) is 15.3 Å². The van der Waals surface area contributed by atoms with E-state index in [9.17, 15) is 0 Å². The molecule has 1 aliphatic carbocycles. The molecule has 11 nitrogen and oxygen atoms in total. The second-order valence-corrected chi connectivity index (χ2v) is 12.1. The van der Waals surface area contributed by atoms with Crippen molar-refractivity contribution in [2.75, 3.05) is 40.0 Å². The molecule has 0 N–H and O–H groups in total. The summed E-state index contributed by atoms with van der Waals surface area (Å²) in [4.78, 5) is 12.3. The average molecular weight is 608 g/mol. The Morgan fingerprint density at radius 1 is 1.00 bits per heavy atom. The van der Waals surface area contributed by atoms with Gasteiger partial charge in [0.25, 0.3) is 0 Å². The van der Waals surface area contributed by atoms with Gasteiger partial charge in [-0.05, 0) is 42.5 Å². The lowest BCUT2D eigenvalue weighted by Crippen LogP contribution is -2.42. The molecule has 4 aromatic heterocycles. The zero-order valence-electron chi connectivity index (χ0n) is 26.4. The summed E-state index contributed by atoms with van der Waals surface area (Å²) in [5.41, 5.74) is 10.1. The van der Waals surface area contributed by atoms with Crippen LogP contribution in [-0.4, -0.2) is 90.3 Å². The maximum absolute atomic E-state index is 5.68. The normalized spacial score (nSPS) is 16.6. The second kappa shape index (κ2) is 13.0. The lowest BCUT2D eigenvalue weighted by atomic mass is 9.91. The molecule has 0 spiro atoms. The predicted molar refractivity (Wildman–Crippen MR) is 171 cm³/mol. The van der Waals surface area contributed by atoms with Crippen molar-refractivity contribution < 1.29 is 9.47 Å². The summed E-state index contributed by atoms with van der Waals surface area (Å²) in [6.07, 6.45) is 11.5. The standard InChI is InChI=1S/C34H41N9O2/c1-24-22-41(13-16-45-24)11-12-43-23-28(21-36-43)26-6-4-5-25(17-26)18-31-33-30(39-40(31)2)8-7-27-20-35-32(37-34(27)33)19-29-9-10-42(38-29)14-15-44-3/h4-6,9-10,17,20-21,23-24H,7-8,11-16,18-19,22H2,1-3H3/t24-/m0/s1. The van der Waals surface area contributed by atoms with Crippen LogP contribution in [0.25, 0.3) is 22.4 Å². The van der Waals surface area contributed by atoms with Gasteiger partial charge in [-0.25, -0.2) is 9.97 Å². The van der Waals surface area contributed by atoms with Crippen LogP contribution in [0.5, 0.6) is 0 Å². The number of aryl methyl sites for hydroxylation is 3. The quantitative estimate of drug-likeness (QED) is 0.225. The molecule has 7 rings (SSSR count). The highest BCUT2D eigenvalue weighted by Gasteiger charge is 2.26.